The van der Waals surface area contributed by atoms with E-state index in [1.165, 1.54) is 0 Å². The maximum atomic E-state index is 11.8. The smallest absolute Gasteiger partial charge is 0.248 e. The lowest BCUT2D eigenvalue weighted by atomic mass is 10.1. The van der Waals surface area contributed by atoms with Crippen LogP contribution in [0.4, 0.5) is 0 Å². The molecule has 2 rings (SSSR count). The number of methoxy groups -OCH3 is 1. The second-order valence-corrected chi connectivity index (χ2v) is 5.45. The van der Waals surface area contributed by atoms with E-state index in [1.54, 1.807) is 7.11 Å². The molecule has 1 aromatic rings. The first kappa shape index (κ1) is 15.3. The Labute approximate surface area is 125 Å². The van der Waals surface area contributed by atoms with Gasteiger partial charge in [-0.3, -0.25) is 9.69 Å². The number of halogens is 1. The van der Waals surface area contributed by atoms with Crippen LogP contribution >= 0.6 is 11.6 Å². The van der Waals surface area contributed by atoms with Crippen molar-refractivity contribution in [3.05, 3.63) is 34.9 Å². The molecule has 0 saturated carbocycles. The van der Waals surface area contributed by atoms with Gasteiger partial charge in [0.15, 0.2) is 0 Å². The van der Waals surface area contributed by atoms with Gasteiger partial charge in [0.2, 0.25) is 5.91 Å². The van der Waals surface area contributed by atoms with Crippen LogP contribution in [0, 0.1) is 0 Å². The summed E-state index contributed by atoms with van der Waals surface area (Å²) in [5.41, 5.74) is 1.14. The fourth-order valence-electron chi connectivity index (χ4n) is 2.58. The van der Waals surface area contributed by atoms with Crippen LogP contribution in [-0.4, -0.2) is 55.6 Å². The molecule has 1 unspecified atom stereocenters. The average Bonchev–Trinajstić information content (AvgIpc) is 2.47. The van der Waals surface area contributed by atoms with Crippen molar-refractivity contribution in [3.8, 4) is 0 Å². The van der Waals surface area contributed by atoms with Crippen LogP contribution in [0.25, 0.3) is 0 Å². The van der Waals surface area contributed by atoms with E-state index in [9.17, 15) is 4.79 Å². The molecule has 1 atom stereocenters. The van der Waals surface area contributed by atoms with Crippen molar-refractivity contribution < 1.29 is 9.53 Å². The van der Waals surface area contributed by atoms with Gasteiger partial charge in [0.05, 0.1) is 0 Å². The predicted octanol–water partition coefficient (Wildman–Crippen LogP) is 2.19. The van der Waals surface area contributed by atoms with Crippen molar-refractivity contribution in [3.63, 3.8) is 0 Å². The summed E-state index contributed by atoms with van der Waals surface area (Å²) in [5.74, 6) is 0.0672. The van der Waals surface area contributed by atoms with Gasteiger partial charge >= 0.3 is 0 Å². The fraction of sp³-hybridized carbons (Fsp3) is 0.533. The summed E-state index contributed by atoms with van der Waals surface area (Å²) >= 11 is 6.25. The second-order valence-electron chi connectivity index (χ2n) is 5.05. The zero-order valence-electron chi connectivity index (χ0n) is 12.0. The molecule has 1 aliphatic rings. The van der Waals surface area contributed by atoms with Crippen molar-refractivity contribution in [2.24, 2.45) is 0 Å². The van der Waals surface area contributed by atoms with E-state index in [0.717, 1.165) is 36.8 Å². The van der Waals surface area contributed by atoms with E-state index >= 15 is 0 Å². The van der Waals surface area contributed by atoms with Gasteiger partial charge in [-0.25, -0.2) is 0 Å². The quantitative estimate of drug-likeness (QED) is 0.854. The molecule has 1 heterocycles. The molecule has 20 heavy (non-hydrogen) atoms. The van der Waals surface area contributed by atoms with Crippen LogP contribution in [0.5, 0.6) is 0 Å². The minimum absolute atomic E-state index is 0.0672. The summed E-state index contributed by atoms with van der Waals surface area (Å²) in [6.07, 6.45) is 0. The van der Waals surface area contributed by atoms with Crippen LogP contribution in [0.15, 0.2) is 24.3 Å². The minimum Gasteiger partial charge on any atom is -0.375 e. The van der Waals surface area contributed by atoms with Gasteiger partial charge in [0, 0.05) is 44.4 Å². The van der Waals surface area contributed by atoms with E-state index in [2.05, 4.69) is 17.9 Å². The molecule has 0 radical (unpaired) electrons. The van der Waals surface area contributed by atoms with E-state index in [0.29, 0.717) is 0 Å². The van der Waals surface area contributed by atoms with Crippen LogP contribution in [0.1, 0.15) is 18.5 Å². The van der Waals surface area contributed by atoms with Crippen molar-refractivity contribution in [2.75, 3.05) is 39.9 Å². The Bertz CT molecular complexity index is 459. The molecule has 4 nitrogen and oxygen atoms in total. The highest BCUT2D eigenvalue weighted by atomic mass is 35.5. The maximum Gasteiger partial charge on any atom is 0.248 e. The number of hydrogen-bond acceptors (Lipinski definition) is 3. The SMILES string of the molecule is COCC(=O)N1CCN(C(C)c2ccccc2Cl)CC1. The number of nitrogens with zero attached hydrogens (tertiary/aromatic N) is 2. The molecule has 1 amide bonds. The van der Waals surface area contributed by atoms with Crippen LogP contribution in [0.3, 0.4) is 0 Å². The molecule has 1 fully saturated rings. The molecule has 0 N–H and O–H groups in total. The van der Waals surface area contributed by atoms with Crippen molar-refractivity contribution in [1.29, 1.82) is 0 Å². The molecular formula is C15H21ClN2O2. The standard InChI is InChI=1S/C15H21ClN2O2/c1-12(13-5-3-4-6-14(13)16)17-7-9-18(10-8-17)15(19)11-20-2/h3-6,12H,7-11H2,1-2H3. The number of ether oxygens (including phenoxy) is 1. The van der Waals surface area contributed by atoms with Crippen LogP contribution in [-0.2, 0) is 9.53 Å². The number of carbonyl (C=O) groups is 1. The Morgan fingerprint density at radius 3 is 2.55 bits per heavy atom. The van der Waals surface area contributed by atoms with Gasteiger partial charge < -0.3 is 9.64 Å². The number of carbonyl (C=O) groups excluding carboxylic acids is 1. The van der Waals surface area contributed by atoms with Crippen LogP contribution < -0.4 is 0 Å². The Morgan fingerprint density at radius 1 is 1.30 bits per heavy atom. The second kappa shape index (κ2) is 7.07. The van der Waals surface area contributed by atoms with E-state index in [4.69, 9.17) is 16.3 Å². The first-order valence-corrected chi connectivity index (χ1v) is 7.26. The number of amides is 1. The first-order valence-electron chi connectivity index (χ1n) is 6.88. The van der Waals surface area contributed by atoms with Crippen molar-refractivity contribution >= 4 is 17.5 Å². The molecule has 0 spiro atoms. The molecule has 110 valence electrons. The Balaban J connectivity index is 1.94. The number of benzene rings is 1. The highest BCUT2D eigenvalue weighted by Crippen LogP contribution is 2.27. The van der Waals surface area contributed by atoms with Crippen molar-refractivity contribution in [2.45, 2.75) is 13.0 Å². The molecule has 1 aliphatic heterocycles. The Morgan fingerprint density at radius 2 is 1.95 bits per heavy atom. The monoisotopic (exact) mass is 296 g/mol. The lowest BCUT2D eigenvalue weighted by Gasteiger charge is -2.38. The minimum atomic E-state index is 0.0672. The highest BCUT2D eigenvalue weighted by Gasteiger charge is 2.25. The summed E-state index contributed by atoms with van der Waals surface area (Å²) in [7, 11) is 1.55. The van der Waals surface area contributed by atoms with Gasteiger partial charge in [0.1, 0.15) is 6.61 Å². The van der Waals surface area contributed by atoms with Gasteiger partial charge in [0.25, 0.3) is 0 Å². The molecular weight excluding hydrogens is 276 g/mol. The van der Waals surface area contributed by atoms with Gasteiger partial charge in [-0.05, 0) is 18.6 Å². The maximum absolute atomic E-state index is 11.8. The predicted molar refractivity (Wildman–Crippen MR) is 79.9 cm³/mol. The van der Waals surface area contributed by atoms with E-state index in [-0.39, 0.29) is 18.6 Å². The lowest BCUT2D eigenvalue weighted by Crippen LogP contribution is -2.50. The molecule has 0 aromatic heterocycles. The Kier molecular flexibility index (Phi) is 5.40. The average molecular weight is 297 g/mol. The molecule has 0 aliphatic carbocycles. The number of piperazine rings is 1. The zero-order chi connectivity index (χ0) is 14.5. The molecule has 1 aromatic carbocycles. The number of hydrogen-bond donors (Lipinski definition) is 0. The summed E-state index contributed by atoms with van der Waals surface area (Å²) < 4.78 is 4.89. The lowest BCUT2D eigenvalue weighted by molar-refractivity contribution is -0.137. The third-order valence-corrected chi connectivity index (χ3v) is 4.18. The van der Waals surface area contributed by atoms with E-state index < -0.39 is 0 Å². The summed E-state index contributed by atoms with van der Waals surface area (Å²) in [6.45, 7) is 5.55. The topological polar surface area (TPSA) is 32.8 Å². The van der Waals surface area contributed by atoms with Gasteiger partial charge in [-0.15, -0.1) is 0 Å². The summed E-state index contributed by atoms with van der Waals surface area (Å²) in [4.78, 5) is 16.0. The third-order valence-electron chi connectivity index (χ3n) is 3.84. The largest absolute Gasteiger partial charge is 0.375 e. The van der Waals surface area contributed by atoms with Gasteiger partial charge in [-0.1, -0.05) is 29.8 Å². The van der Waals surface area contributed by atoms with Crippen molar-refractivity contribution in [1.82, 2.24) is 9.80 Å². The third kappa shape index (κ3) is 3.51. The number of rotatable bonds is 4. The molecule has 0 bridgehead atoms. The van der Waals surface area contributed by atoms with Crippen LogP contribution in [0.2, 0.25) is 5.02 Å². The first-order chi connectivity index (χ1) is 9.63. The summed E-state index contributed by atoms with van der Waals surface area (Å²) in [5, 5.41) is 0.804. The molecule has 5 heteroatoms. The Hall–Kier alpha value is -1.10. The zero-order valence-corrected chi connectivity index (χ0v) is 12.8. The normalized spacial score (nSPS) is 18.1. The summed E-state index contributed by atoms with van der Waals surface area (Å²) in [6, 6.07) is 8.21. The van der Waals surface area contributed by atoms with E-state index in [1.807, 2.05) is 23.1 Å². The molecule has 1 saturated heterocycles. The van der Waals surface area contributed by atoms with Gasteiger partial charge in [-0.2, -0.15) is 0 Å². The highest BCUT2D eigenvalue weighted by molar-refractivity contribution is 6.31. The fourth-order valence-corrected chi connectivity index (χ4v) is 2.88.